The molecule has 2 fully saturated rings. The lowest BCUT2D eigenvalue weighted by atomic mass is 10.0. The number of carbonyl (C=O) groups excluding carboxylic acids is 1. The summed E-state index contributed by atoms with van der Waals surface area (Å²) in [5.41, 5.74) is 5.99. The van der Waals surface area contributed by atoms with Crippen LogP contribution in [0.3, 0.4) is 0 Å². The highest BCUT2D eigenvalue weighted by atomic mass is 16.2. The predicted octanol–water partition coefficient (Wildman–Crippen LogP) is 1.45. The Labute approximate surface area is 117 Å². The van der Waals surface area contributed by atoms with E-state index in [9.17, 15) is 4.79 Å². The highest BCUT2D eigenvalue weighted by molar-refractivity contribution is 5.77. The van der Waals surface area contributed by atoms with Crippen LogP contribution in [0.4, 0.5) is 0 Å². The molecule has 1 unspecified atom stereocenters. The zero-order valence-corrected chi connectivity index (χ0v) is 12.5. The van der Waals surface area contributed by atoms with Gasteiger partial charge >= 0.3 is 0 Å². The van der Waals surface area contributed by atoms with E-state index in [1.165, 1.54) is 25.7 Å². The standard InChI is InChI=1S/C15H29N3O/c1-12(2)14(16)11-15(19)18-9-7-17(8-10-18)13-5-3-4-6-13/h12-14H,3-11,16H2,1-2H3. The molecule has 0 spiro atoms. The molecule has 2 rings (SSSR count). The Kier molecular flexibility index (Phi) is 5.22. The van der Waals surface area contributed by atoms with Crippen LogP contribution in [-0.2, 0) is 4.79 Å². The largest absolute Gasteiger partial charge is 0.340 e. The zero-order chi connectivity index (χ0) is 13.8. The van der Waals surface area contributed by atoms with Crippen molar-refractivity contribution in [1.29, 1.82) is 0 Å². The fourth-order valence-electron chi connectivity index (χ4n) is 3.17. The van der Waals surface area contributed by atoms with Gasteiger partial charge in [-0.2, -0.15) is 0 Å². The minimum Gasteiger partial charge on any atom is -0.340 e. The third-order valence-corrected chi connectivity index (χ3v) is 4.77. The molecule has 0 aromatic carbocycles. The van der Waals surface area contributed by atoms with Crippen LogP contribution < -0.4 is 5.73 Å². The molecule has 0 radical (unpaired) electrons. The minimum absolute atomic E-state index is 0.000335. The van der Waals surface area contributed by atoms with Crippen LogP contribution in [0.25, 0.3) is 0 Å². The Hall–Kier alpha value is -0.610. The Bertz CT molecular complexity index is 292. The lowest BCUT2D eigenvalue weighted by Crippen LogP contribution is -2.52. The first-order valence-electron chi connectivity index (χ1n) is 7.85. The fraction of sp³-hybridized carbons (Fsp3) is 0.933. The van der Waals surface area contributed by atoms with Gasteiger partial charge in [0.15, 0.2) is 0 Å². The van der Waals surface area contributed by atoms with Gasteiger partial charge in [-0.05, 0) is 18.8 Å². The Balaban J connectivity index is 1.74. The quantitative estimate of drug-likeness (QED) is 0.838. The average molecular weight is 267 g/mol. The van der Waals surface area contributed by atoms with Crippen LogP contribution in [0, 0.1) is 5.92 Å². The van der Waals surface area contributed by atoms with Gasteiger partial charge in [0.1, 0.15) is 0 Å². The third-order valence-electron chi connectivity index (χ3n) is 4.77. The maximum Gasteiger partial charge on any atom is 0.224 e. The van der Waals surface area contributed by atoms with E-state index in [4.69, 9.17) is 5.73 Å². The van der Waals surface area contributed by atoms with Crippen molar-refractivity contribution in [3.8, 4) is 0 Å². The molecule has 110 valence electrons. The smallest absolute Gasteiger partial charge is 0.224 e. The van der Waals surface area contributed by atoms with Crippen molar-refractivity contribution in [3.63, 3.8) is 0 Å². The molecule has 1 amide bonds. The topological polar surface area (TPSA) is 49.6 Å². The number of nitrogens with two attached hydrogens (primary N) is 1. The first kappa shape index (κ1) is 14.8. The van der Waals surface area contributed by atoms with Crippen molar-refractivity contribution < 1.29 is 4.79 Å². The van der Waals surface area contributed by atoms with Crippen molar-refractivity contribution >= 4 is 5.91 Å². The van der Waals surface area contributed by atoms with E-state index in [-0.39, 0.29) is 11.9 Å². The second-order valence-corrected chi connectivity index (χ2v) is 6.47. The summed E-state index contributed by atoms with van der Waals surface area (Å²) in [5.74, 6) is 0.621. The number of rotatable bonds is 4. The molecule has 1 saturated carbocycles. The molecular formula is C15H29N3O. The molecule has 2 N–H and O–H groups in total. The lowest BCUT2D eigenvalue weighted by Gasteiger charge is -2.38. The molecule has 1 atom stereocenters. The van der Waals surface area contributed by atoms with Gasteiger partial charge < -0.3 is 10.6 Å². The van der Waals surface area contributed by atoms with E-state index < -0.39 is 0 Å². The lowest BCUT2D eigenvalue weighted by molar-refractivity contribution is -0.133. The number of carbonyl (C=O) groups is 1. The van der Waals surface area contributed by atoms with Crippen molar-refractivity contribution in [2.45, 2.75) is 58.0 Å². The molecule has 2 aliphatic rings. The Morgan fingerprint density at radius 3 is 2.26 bits per heavy atom. The highest BCUT2D eigenvalue weighted by Crippen LogP contribution is 2.24. The number of nitrogens with zero attached hydrogens (tertiary/aromatic N) is 2. The second-order valence-electron chi connectivity index (χ2n) is 6.47. The van der Waals surface area contributed by atoms with Gasteiger partial charge in [-0.15, -0.1) is 0 Å². The second kappa shape index (κ2) is 6.71. The SMILES string of the molecule is CC(C)C(N)CC(=O)N1CCN(C2CCCC2)CC1. The summed E-state index contributed by atoms with van der Waals surface area (Å²) in [4.78, 5) is 16.8. The molecule has 4 nitrogen and oxygen atoms in total. The van der Waals surface area contributed by atoms with Crippen molar-refractivity contribution in [2.24, 2.45) is 11.7 Å². The normalized spacial score (nSPS) is 24.1. The monoisotopic (exact) mass is 267 g/mol. The van der Waals surface area contributed by atoms with Crippen LogP contribution in [0.1, 0.15) is 46.0 Å². The molecule has 0 bridgehead atoms. The first-order valence-corrected chi connectivity index (χ1v) is 7.85. The molecular weight excluding hydrogens is 238 g/mol. The van der Waals surface area contributed by atoms with E-state index in [1.54, 1.807) is 0 Å². The molecule has 0 aromatic rings. The van der Waals surface area contributed by atoms with Crippen LogP contribution >= 0.6 is 0 Å². The Morgan fingerprint density at radius 2 is 1.74 bits per heavy atom. The van der Waals surface area contributed by atoms with Crippen LogP contribution in [0.15, 0.2) is 0 Å². The fourth-order valence-corrected chi connectivity index (χ4v) is 3.17. The maximum absolute atomic E-state index is 12.2. The van der Waals surface area contributed by atoms with E-state index in [0.29, 0.717) is 12.3 Å². The van der Waals surface area contributed by atoms with Gasteiger partial charge in [0.05, 0.1) is 0 Å². The molecule has 19 heavy (non-hydrogen) atoms. The number of hydrogen-bond acceptors (Lipinski definition) is 3. The average Bonchev–Trinajstić information content (AvgIpc) is 2.92. The van der Waals surface area contributed by atoms with Crippen molar-refractivity contribution in [1.82, 2.24) is 9.80 Å². The van der Waals surface area contributed by atoms with Gasteiger partial charge in [-0.3, -0.25) is 9.69 Å². The van der Waals surface area contributed by atoms with Crippen LogP contribution in [0.5, 0.6) is 0 Å². The molecule has 1 heterocycles. The number of hydrogen-bond donors (Lipinski definition) is 1. The first-order chi connectivity index (χ1) is 9.08. The summed E-state index contributed by atoms with van der Waals surface area (Å²) >= 11 is 0. The minimum atomic E-state index is 0.000335. The van der Waals surface area contributed by atoms with Gasteiger partial charge in [-0.1, -0.05) is 26.7 Å². The van der Waals surface area contributed by atoms with Gasteiger partial charge in [0.25, 0.3) is 0 Å². The number of piperazine rings is 1. The van der Waals surface area contributed by atoms with E-state index in [0.717, 1.165) is 32.2 Å². The van der Waals surface area contributed by atoms with E-state index in [2.05, 4.69) is 18.7 Å². The summed E-state index contributed by atoms with van der Waals surface area (Å²) < 4.78 is 0. The summed E-state index contributed by atoms with van der Waals surface area (Å²) in [6, 6.07) is 0.788. The third kappa shape index (κ3) is 3.93. The summed E-state index contributed by atoms with van der Waals surface area (Å²) in [5, 5.41) is 0. The molecule has 1 saturated heterocycles. The summed E-state index contributed by atoms with van der Waals surface area (Å²) in [6.45, 7) is 8.03. The number of amides is 1. The maximum atomic E-state index is 12.2. The molecule has 1 aliphatic heterocycles. The molecule has 4 heteroatoms. The van der Waals surface area contributed by atoms with Gasteiger partial charge in [0.2, 0.25) is 5.91 Å². The predicted molar refractivity (Wildman–Crippen MR) is 77.8 cm³/mol. The van der Waals surface area contributed by atoms with Crippen LogP contribution in [-0.4, -0.2) is 54.0 Å². The molecule has 1 aliphatic carbocycles. The summed E-state index contributed by atoms with van der Waals surface area (Å²) in [7, 11) is 0. The van der Waals surface area contributed by atoms with Gasteiger partial charge in [0, 0.05) is 44.7 Å². The summed E-state index contributed by atoms with van der Waals surface area (Å²) in [6.07, 6.45) is 5.97. The Morgan fingerprint density at radius 1 is 1.16 bits per heavy atom. The van der Waals surface area contributed by atoms with Gasteiger partial charge in [-0.25, -0.2) is 0 Å². The van der Waals surface area contributed by atoms with E-state index in [1.807, 2.05) is 4.90 Å². The van der Waals surface area contributed by atoms with Crippen molar-refractivity contribution in [2.75, 3.05) is 26.2 Å². The van der Waals surface area contributed by atoms with Crippen molar-refractivity contribution in [3.05, 3.63) is 0 Å². The van der Waals surface area contributed by atoms with Crippen LogP contribution in [0.2, 0.25) is 0 Å². The molecule has 0 aromatic heterocycles. The zero-order valence-electron chi connectivity index (χ0n) is 12.5. The van der Waals surface area contributed by atoms with E-state index >= 15 is 0 Å². The highest BCUT2D eigenvalue weighted by Gasteiger charge is 2.28.